The summed E-state index contributed by atoms with van der Waals surface area (Å²) in [7, 11) is 0. The molecule has 29 heavy (non-hydrogen) atoms. The maximum Gasteiger partial charge on any atom is 0.348 e. The quantitative estimate of drug-likeness (QED) is 0.409. The van der Waals surface area contributed by atoms with Crippen LogP contribution in [-0.4, -0.2) is 25.1 Å². The first kappa shape index (κ1) is 17.6. The topological polar surface area (TPSA) is 61.4 Å². The third kappa shape index (κ3) is 3.09. The van der Waals surface area contributed by atoms with Crippen LogP contribution in [0, 0.1) is 13.8 Å². The van der Waals surface area contributed by atoms with Gasteiger partial charge < -0.3 is 9.14 Å². The van der Waals surface area contributed by atoms with Crippen molar-refractivity contribution in [3.05, 3.63) is 82.8 Å². The number of thiophene rings is 1. The first-order chi connectivity index (χ1) is 14.1. The molecule has 6 nitrogen and oxygen atoms in total. The number of fused-ring (bicyclic) bond motifs is 2. The van der Waals surface area contributed by atoms with Crippen LogP contribution in [0.25, 0.3) is 21.6 Å². The minimum absolute atomic E-state index is 0.137. The van der Waals surface area contributed by atoms with Crippen LogP contribution in [-0.2, 0) is 11.3 Å². The molecular weight excluding hydrogens is 384 g/mol. The van der Waals surface area contributed by atoms with Crippen molar-refractivity contribution in [3.8, 4) is 5.69 Å². The first-order valence-electron chi connectivity index (χ1n) is 9.25. The molecule has 4 heterocycles. The Morgan fingerprint density at radius 1 is 1.14 bits per heavy atom. The van der Waals surface area contributed by atoms with E-state index in [2.05, 4.69) is 10.1 Å². The lowest BCUT2D eigenvalue weighted by Crippen LogP contribution is -2.03. The van der Waals surface area contributed by atoms with Crippen LogP contribution in [0.5, 0.6) is 0 Å². The Bertz CT molecular complexity index is 1350. The molecule has 0 radical (unpaired) electrons. The second-order valence-corrected chi connectivity index (χ2v) is 7.92. The van der Waals surface area contributed by atoms with Gasteiger partial charge in [-0.15, -0.1) is 11.3 Å². The number of esters is 1. The molecule has 0 aliphatic rings. The molecule has 0 bridgehead atoms. The van der Waals surface area contributed by atoms with E-state index in [1.165, 1.54) is 11.3 Å². The normalized spacial score (nSPS) is 11.4. The molecule has 0 saturated heterocycles. The number of ether oxygens (including phenoxy) is 1. The Balaban J connectivity index is 1.40. The van der Waals surface area contributed by atoms with Crippen molar-refractivity contribution < 1.29 is 9.53 Å². The highest BCUT2D eigenvalue weighted by Crippen LogP contribution is 2.31. The molecule has 0 spiro atoms. The summed E-state index contributed by atoms with van der Waals surface area (Å²) in [6.07, 6.45) is 3.82. The molecule has 7 heteroatoms. The third-order valence-corrected chi connectivity index (χ3v) is 5.92. The number of pyridine rings is 1. The van der Waals surface area contributed by atoms with Gasteiger partial charge in [0.1, 0.15) is 22.0 Å². The number of hydrogen-bond donors (Lipinski definition) is 0. The fraction of sp³-hybridized carbons (Fsp3) is 0.136. The van der Waals surface area contributed by atoms with E-state index in [4.69, 9.17) is 4.74 Å². The molecule has 0 saturated carbocycles. The molecule has 0 N–H and O–H groups in total. The predicted molar refractivity (Wildman–Crippen MR) is 113 cm³/mol. The average molecular weight is 402 g/mol. The zero-order chi connectivity index (χ0) is 20.0. The monoisotopic (exact) mass is 402 g/mol. The number of carbonyl (C=O) groups excluding carboxylic acids is 1. The smallest absolute Gasteiger partial charge is 0.348 e. The van der Waals surface area contributed by atoms with Crippen molar-refractivity contribution in [2.24, 2.45) is 0 Å². The molecule has 0 amide bonds. The molecule has 1 aromatic carbocycles. The summed E-state index contributed by atoms with van der Waals surface area (Å²) in [5, 5.41) is 5.58. The number of rotatable bonds is 4. The van der Waals surface area contributed by atoms with E-state index in [0.29, 0.717) is 4.88 Å². The fourth-order valence-corrected chi connectivity index (χ4v) is 4.45. The summed E-state index contributed by atoms with van der Waals surface area (Å²) in [5.74, 6) is -0.348. The minimum Gasteiger partial charge on any atom is -0.455 e. The van der Waals surface area contributed by atoms with Gasteiger partial charge in [0.05, 0.1) is 17.1 Å². The largest absolute Gasteiger partial charge is 0.455 e. The Morgan fingerprint density at radius 2 is 1.97 bits per heavy atom. The fourth-order valence-electron chi connectivity index (χ4n) is 3.38. The van der Waals surface area contributed by atoms with E-state index in [1.54, 1.807) is 0 Å². The molecular formula is C22H18N4O2S. The van der Waals surface area contributed by atoms with Crippen LogP contribution in [0.4, 0.5) is 0 Å². The number of benzene rings is 1. The van der Waals surface area contributed by atoms with Crippen LogP contribution in [0.1, 0.15) is 26.6 Å². The highest BCUT2D eigenvalue weighted by molar-refractivity contribution is 7.20. The van der Waals surface area contributed by atoms with Gasteiger partial charge in [0, 0.05) is 17.8 Å². The van der Waals surface area contributed by atoms with E-state index in [0.717, 1.165) is 38.5 Å². The second kappa shape index (κ2) is 6.86. The van der Waals surface area contributed by atoms with Crippen LogP contribution >= 0.6 is 11.3 Å². The van der Waals surface area contributed by atoms with Crippen LogP contribution in [0.15, 0.2) is 60.9 Å². The van der Waals surface area contributed by atoms with Crippen molar-refractivity contribution >= 4 is 33.2 Å². The molecule has 0 aliphatic heterocycles. The van der Waals surface area contributed by atoms with Crippen LogP contribution in [0.3, 0.4) is 0 Å². The molecule has 0 atom stereocenters. The van der Waals surface area contributed by atoms with Gasteiger partial charge in [0.2, 0.25) is 0 Å². The van der Waals surface area contributed by atoms with Crippen LogP contribution < -0.4 is 0 Å². The van der Waals surface area contributed by atoms with E-state index >= 15 is 0 Å². The Hall–Kier alpha value is -3.45. The van der Waals surface area contributed by atoms with Gasteiger partial charge in [-0.3, -0.25) is 0 Å². The molecule has 4 aromatic heterocycles. The SMILES string of the molecule is Cc1nn(-c2ccccc2)c2sc(C(=O)OCc3cn4cccc(C)c4n3)cc12. The molecule has 0 unspecified atom stereocenters. The van der Waals surface area contributed by atoms with Crippen molar-refractivity contribution in [3.63, 3.8) is 0 Å². The number of imidazole rings is 1. The molecule has 0 fully saturated rings. The molecule has 5 rings (SSSR count). The highest BCUT2D eigenvalue weighted by atomic mass is 32.1. The summed E-state index contributed by atoms with van der Waals surface area (Å²) < 4.78 is 9.35. The number of carbonyl (C=O) groups is 1. The van der Waals surface area contributed by atoms with Crippen molar-refractivity contribution in [2.75, 3.05) is 0 Å². The summed E-state index contributed by atoms with van der Waals surface area (Å²) in [4.78, 5) is 18.7. The second-order valence-electron chi connectivity index (χ2n) is 6.89. The number of hydrogen-bond acceptors (Lipinski definition) is 5. The van der Waals surface area contributed by atoms with Gasteiger partial charge in [0.15, 0.2) is 0 Å². The van der Waals surface area contributed by atoms with E-state index in [1.807, 2.05) is 83.9 Å². The van der Waals surface area contributed by atoms with Gasteiger partial charge in [0.25, 0.3) is 0 Å². The first-order valence-corrected chi connectivity index (χ1v) is 10.1. The predicted octanol–water partition coefficient (Wildman–Crippen LogP) is 4.71. The zero-order valence-corrected chi connectivity index (χ0v) is 16.8. The Kier molecular flexibility index (Phi) is 4.17. The molecule has 5 aromatic rings. The number of aromatic nitrogens is 4. The summed E-state index contributed by atoms with van der Waals surface area (Å²) in [5.41, 5.74) is 4.53. The molecule has 144 valence electrons. The van der Waals surface area contributed by atoms with Gasteiger partial charge in [-0.05, 0) is 43.7 Å². The number of para-hydroxylation sites is 1. The maximum absolute atomic E-state index is 12.7. The van der Waals surface area contributed by atoms with Gasteiger partial charge in [-0.1, -0.05) is 24.3 Å². The zero-order valence-electron chi connectivity index (χ0n) is 16.0. The van der Waals surface area contributed by atoms with Gasteiger partial charge in [-0.2, -0.15) is 5.10 Å². The lowest BCUT2D eigenvalue weighted by Gasteiger charge is -2.02. The summed E-state index contributed by atoms with van der Waals surface area (Å²) in [6, 6.07) is 15.7. The Labute approximate surface area is 171 Å². The Morgan fingerprint density at radius 3 is 2.76 bits per heavy atom. The van der Waals surface area contributed by atoms with Crippen molar-refractivity contribution in [2.45, 2.75) is 20.5 Å². The maximum atomic E-state index is 12.7. The van der Waals surface area contributed by atoms with Crippen molar-refractivity contribution in [1.82, 2.24) is 19.2 Å². The van der Waals surface area contributed by atoms with E-state index in [9.17, 15) is 4.79 Å². The highest BCUT2D eigenvalue weighted by Gasteiger charge is 2.18. The van der Waals surface area contributed by atoms with Crippen molar-refractivity contribution in [1.29, 1.82) is 0 Å². The summed E-state index contributed by atoms with van der Waals surface area (Å²) in [6.45, 7) is 4.09. The van der Waals surface area contributed by atoms with E-state index < -0.39 is 0 Å². The van der Waals surface area contributed by atoms with E-state index in [-0.39, 0.29) is 12.6 Å². The average Bonchev–Trinajstić information content (AvgIpc) is 3.42. The van der Waals surface area contributed by atoms with Gasteiger partial charge in [-0.25, -0.2) is 14.5 Å². The number of aryl methyl sites for hydroxylation is 2. The third-order valence-electron chi connectivity index (χ3n) is 4.83. The van der Waals surface area contributed by atoms with Crippen LogP contribution in [0.2, 0.25) is 0 Å². The minimum atomic E-state index is -0.348. The number of nitrogens with zero attached hydrogens (tertiary/aromatic N) is 4. The summed E-state index contributed by atoms with van der Waals surface area (Å²) >= 11 is 1.39. The standard InChI is InChI=1S/C22H18N4O2S/c1-14-7-6-10-25-12-16(23-20(14)25)13-28-22(27)19-11-18-15(2)24-26(21(18)29-19)17-8-4-3-5-9-17/h3-12H,13H2,1-2H3. The van der Waals surface area contributed by atoms with Gasteiger partial charge >= 0.3 is 5.97 Å². The lowest BCUT2D eigenvalue weighted by atomic mass is 10.3. The lowest BCUT2D eigenvalue weighted by molar-refractivity contribution is 0.0474. The molecule has 0 aliphatic carbocycles.